The van der Waals surface area contributed by atoms with Crippen molar-refractivity contribution in [2.75, 3.05) is 18.9 Å². The average molecular weight is 785 g/mol. The molecule has 1 amide bonds. The molecule has 11 N–H and O–H groups in total. The summed E-state index contributed by atoms with van der Waals surface area (Å²) in [7, 11) is -11.3. The molecule has 2 saturated heterocycles. The lowest BCUT2D eigenvalue weighted by Crippen LogP contribution is -2.60. The quantitative estimate of drug-likeness (QED) is 0.0729. The molecule has 2 aliphatic rings. The molecular formula is C29H34N6O16P2. The number of nitrogen functional groups attached to an aromatic ring is 1. The summed E-state index contributed by atoms with van der Waals surface area (Å²) in [6, 6.07) is 15.6. The fourth-order valence-electron chi connectivity index (χ4n) is 5.71. The SMILES string of the molecule is Nc1nc2c(ncn2[C@@H]2O[C@H](COP(=O)(O)OP(=O)(O)O[C@H]3O[C@@H](CNC(=O)c4ccccc4-c4ccccc4)[C@@H](O)[C@@H](O)[C@@H]3O)[C@@H](O)[C@H]2O)c(=O)[nH]1. The number of fused-ring (bicyclic) bond motifs is 1. The van der Waals surface area contributed by atoms with Crippen molar-refractivity contribution >= 4 is 38.7 Å². The Labute approximate surface area is 297 Å². The van der Waals surface area contributed by atoms with Gasteiger partial charge in [-0.1, -0.05) is 48.5 Å². The van der Waals surface area contributed by atoms with Crippen LogP contribution >= 0.6 is 15.6 Å². The normalized spacial score (nSPS) is 29.8. The number of amides is 1. The van der Waals surface area contributed by atoms with E-state index in [1.807, 2.05) is 0 Å². The van der Waals surface area contributed by atoms with Crippen LogP contribution in [0.1, 0.15) is 16.6 Å². The van der Waals surface area contributed by atoms with Crippen LogP contribution < -0.4 is 16.6 Å². The Morgan fingerprint density at radius 1 is 0.906 bits per heavy atom. The number of nitrogens with zero attached hydrogens (tertiary/aromatic N) is 3. The molecule has 53 heavy (non-hydrogen) atoms. The van der Waals surface area contributed by atoms with E-state index in [4.69, 9.17) is 24.3 Å². The van der Waals surface area contributed by atoms with Gasteiger partial charge in [0.15, 0.2) is 23.7 Å². The van der Waals surface area contributed by atoms with Crippen molar-refractivity contribution in [2.24, 2.45) is 0 Å². The highest BCUT2D eigenvalue weighted by molar-refractivity contribution is 7.61. The number of benzene rings is 2. The fraction of sp³-hybridized carbons (Fsp3) is 0.379. The van der Waals surface area contributed by atoms with Gasteiger partial charge in [0, 0.05) is 12.1 Å². The second-order valence-electron chi connectivity index (χ2n) is 11.9. The van der Waals surface area contributed by atoms with Crippen LogP contribution in [-0.2, 0) is 32.0 Å². The van der Waals surface area contributed by atoms with Crippen molar-refractivity contribution in [3.8, 4) is 11.1 Å². The van der Waals surface area contributed by atoms with E-state index in [1.165, 1.54) is 0 Å². The largest absolute Gasteiger partial charge is 0.483 e. The maximum Gasteiger partial charge on any atom is 0.483 e. The molecule has 2 aromatic heterocycles. The van der Waals surface area contributed by atoms with Crippen LogP contribution in [0.4, 0.5) is 5.95 Å². The van der Waals surface area contributed by atoms with Crippen LogP contribution in [0, 0.1) is 0 Å². The summed E-state index contributed by atoms with van der Waals surface area (Å²) in [6.45, 7) is -1.52. The van der Waals surface area contributed by atoms with Crippen molar-refractivity contribution in [3.63, 3.8) is 0 Å². The first-order valence-corrected chi connectivity index (χ1v) is 18.6. The molecule has 2 aliphatic heterocycles. The molecule has 0 radical (unpaired) electrons. The highest BCUT2D eigenvalue weighted by Gasteiger charge is 2.50. The number of anilines is 1. The zero-order chi connectivity index (χ0) is 38.2. The van der Waals surface area contributed by atoms with Crippen LogP contribution in [0.5, 0.6) is 0 Å². The summed E-state index contributed by atoms with van der Waals surface area (Å²) in [5.74, 6) is -0.899. The topological polar surface area (TPSA) is 341 Å². The molecule has 22 nitrogen and oxygen atoms in total. The Bertz CT molecular complexity index is 2100. The summed E-state index contributed by atoms with van der Waals surface area (Å²) in [6.07, 6.45) is -15.3. The fourth-order valence-corrected chi connectivity index (χ4v) is 7.87. The summed E-state index contributed by atoms with van der Waals surface area (Å²) >= 11 is 0. The Balaban J connectivity index is 1.06. The highest BCUT2D eigenvalue weighted by atomic mass is 31.3. The molecule has 6 rings (SSSR count). The molecule has 2 unspecified atom stereocenters. The lowest BCUT2D eigenvalue weighted by Gasteiger charge is -2.40. The van der Waals surface area contributed by atoms with Crippen molar-refractivity contribution in [2.45, 2.75) is 55.2 Å². The molecule has 4 heterocycles. The number of nitrogens with one attached hydrogen (secondary N) is 2. The molecule has 286 valence electrons. The molecule has 24 heteroatoms. The first kappa shape index (κ1) is 38.8. The molecule has 2 fully saturated rings. The van der Waals surface area contributed by atoms with Gasteiger partial charge in [-0.15, -0.1) is 0 Å². The van der Waals surface area contributed by atoms with Gasteiger partial charge >= 0.3 is 15.6 Å². The molecule has 0 bridgehead atoms. The second kappa shape index (κ2) is 15.4. The first-order chi connectivity index (χ1) is 25.0. The van der Waals surface area contributed by atoms with E-state index in [0.29, 0.717) is 5.56 Å². The van der Waals surface area contributed by atoms with E-state index in [2.05, 4.69) is 24.6 Å². The van der Waals surface area contributed by atoms with Gasteiger partial charge in [0.05, 0.1) is 12.9 Å². The van der Waals surface area contributed by atoms with Crippen LogP contribution in [0.3, 0.4) is 0 Å². The van der Waals surface area contributed by atoms with Crippen molar-refractivity contribution in [3.05, 3.63) is 76.8 Å². The molecule has 0 saturated carbocycles. The van der Waals surface area contributed by atoms with Gasteiger partial charge < -0.3 is 55.8 Å². The lowest BCUT2D eigenvalue weighted by molar-refractivity contribution is -0.273. The summed E-state index contributed by atoms with van der Waals surface area (Å²) < 4.78 is 51.1. The third-order valence-electron chi connectivity index (χ3n) is 8.30. The number of imidazole rings is 1. The highest BCUT2D eigenvalue weighted by Crippen LogP contribution is 2.61. The zero-order valence-corrected chi connectivity index (χ0v) is 28.8. The Morgan fingerprint density at radius 3 is 2.32 bits per heavy atom. The maximum atomic E-state index is 13.1. The predicted octanol–water partition coefficient (Wildman–Crippen LogP) is -1.52. The lowest BCUT2D eigenvalue weighted by atomic mass is 9.98. The number of aliphatic hydroxyl groups excluding tert-OH is 5. The van der Waals surface area contributed by atoms with Crippen LogP contribution in [0.2, 0.25) is 0 Å². The number of hydrogen-bond donors (Lipinski definition) is 10. The monoisotopic (exact) mass is 784 g/mol. The molecular weight excluding hydrogens is 750 g/mol. The minimum absolute atomic E-state index is 0.124. The number of H-pyrrole nitrogens is 1. The number of phosphoric acid groups is 2. The van der Waals surface area contributed by atoms with Crippen LogP contribution in [0.15, 0.2) is 65.7 Å². The minimum Gasteiger partial charge on any atom is -0.388 e. The number of carbonyl (C=O) groups excluding carboxylic acids is 1. The third-order valence-corrected chi connectivity index (χ3v) is 10.9. The van der Waals surface area contributed by atoms with E-state index in [-0.39, 0.29) is 22.7 Å². The van der Waals surface area contributed by atoms with E-state index in [9.17, 15) is 54.0 Å². The number of aromatic amines is 1. The third kappa shape index (κ3) is 8.41. The van der Waals surface area contributed by atoms with Crippen LogP contribution in [-0.4, -0.2) is 123 Å². The molecule has 0 aliphatic carbocycles. The second-order valence-corrected chi connectivity index (χ2v) is 14.9. The number of ether oxygens (including phenoxy) is 2. The van der Waals surface area contributed by atoms with Gasteiger partial charge in [0.1, 0.15) is 42.7 Å². The number of rotatable bonds is 12. The summed E-state index contributed by atoms with van der Waals surface area (Å²) in [5, 5.41) is 54.9. The summed E-state index contributed by atoms with van der Waals surface area (Å²) in [5.41, 5.74) is 6.14. The van der Waals surface area contributed by atoms with Crippen molar-refractivity contribution < 1.29 is 72.1 Å². The van der Waals surface area contributed by atoms with Gasteiger partial charge in [0.2, 0.25) is 5.95 Å². The molecule has 11 atom stereocenters. The summed E-state index contributed by atoms with van der Waals surface area (Å²) in [4.78, 5) is 55.7. The molecule has 2 aromatic carbocycles. The Hall–Kier alpha value is -3.96. The number of carbonyl (C=O) groups is 1. The van der Waals surface area contributed by atoms with Gasteiger partial charge in [-0.3, -0.25) is 28.2 Å². The standard InChI is InChI=1S/C29H34N6O16P2/c30-29-33-24-18(26(42)34-29)32-12-35(24)27-22(39)20(37)17(48-27)11-47-52(43,44)51-53(45,46)50-28-23(40)21(38)19(36)16(49-28)10-31-25(41)15-9-5-4-8-14(15)13-6-2-1-3-7-13/h1-9,12,16-17,19-23,27-28,36-40H,10-11H2,(H,31,41)(H,43,44)(H,45,46)(H3,30,33,34,42)/t16-,17+,19+,20+,21+,22+,23-,27+,28+/m0/s1. The molecule has 4 aromatic rings. The van der Waals surface area contributed by atoms with Gasteiger partial charge in [-0.2, -0.15) is 9.29 Å². The van der Waals surface area contributed by atoms with Crippen molar-refractivity contribution in [1.29, 1.82) is 0 Å². The van der Waals surface area contributed by atoms with Crippen LogP contribution in [0.25, 0.3) is 22.3 Å². The Kier molecular flexibility index (Phi) is 11.3. The van der Waals surface area contributed by atoms with E-state index < -0.39 is 95.5 Å². The number of hydrogen-bond acceptors (Lipinski definition) is 17. The predicted molar refractivity (Wildman–Crippen MR) is 177 cm³/mol. The maximum absolute atomic E-state index is 13.1. The number of phosphoric ester groups is 2. The number of nitrogens with two attached hydrogens (primary N) is 1. The smallest absolute Gasteiger partial charge is 0.388 e. The van der Waals surface area contributed by atoms with Gasteiger partial charge in [0.25, 0.3) is 11.5 Å². The number of aliphatic hydroxyl groups is 5. The first-order valence-electron chi connectivity index (χ1n) is 15.6. The minimum atomic E-state index is -5.72. The van der Waals surface area contributed by atoms with E-state index in [0.717, 1.165) is 16.5 Å². The zero-order valence-electron chi connectivity index (χ0n) is 27.0. The Morgan fingerprint density at radius 2 is 1.58 bits per heavy atom. The molecule has 0 spiro atoms. The number of aromatic nitrogens is 4. The average Bonchev–Trinajstić information content (AvgIpc) is 3.66. The van der Waals surface area contributed by atoms with Gasteiger partial charge in [-0.05, 0) is 17.2 Å². The van der Waals surface area contributed by atoms with Crippen molar-refractivity contribution in [1.82, 2.24) is 24.8 Å². The van der Waals surface area contributed by atoms with E-state index in [1.54, 1.807) is 54.6 Å². The van der Waals surface area contributed by atoms with E-state index >= 15 is 0 Å². The van der Waals surface area contributed by atoms with Gasteiger partial charge in [-0.25, -0.2) is 14.1 Å².